The SMILES string of the molecule is CC#CCC(=O)c1ccccc1OC. The summed E-state index contributed by atoms with van der Waals surface area (Å²) in [6.07, 6.45) is 0.247. The Morgan fingerprint density at radius 2 is 2.14 bits per heavy atom. The van der Waals surface area contributed by atoms with Crippen LogP contribution in [0.2, 0.25) is 0 Å². The number of carbonyl (C=O) groups is 1. The Kier molecular flexibility index (Phi) is 3.75. The highest BCUT2D eigenvalue weighted by Gasteiger charge is 2.09. The molecule has 1 aromatic rings. The summed E-state index contributed by atoms with van der Waals surface area (Å²) in [6.45, 7) is 1.72. The van der Waals surface area contributed by atoms with Gasteiger partial charge < -0.3 is 4.74 Å². The molecule has 0 heterocycles. The predicted molar refractivity (Wildman–Crippen MR) is 55.4 cm³/mol. The van der Waals surface area contributed by atoms with Crippen molar-refractivity contribution in [2.75, 3.05) is 7.11 Å². The molecule has 0 radical (unpaired) electrons. The fraction of sp³-hybridized carbons (Fsp3) is 0.250. The molecule has 0 amide bonds. The first-order valence-electron chi connectivity index (χ1n) is 4.35. The summed E-state index contributed by atoms with van der Waals surface area (Å²) in [7, 11) is 1.55. The van der Waals surface area contributed by atoms with E-state index in [0.29, 0.717) is 11.3 Å². The third-order valence-corrected chi connectivity index (χ3v) is 1.83. The summed E-state index contributed by atoms with van der Waals surface area (Å²) in [4.78, 5) is 11.6. The van der Waals surface area contributed by atoms with Gasteiger partial charge in [0.05, 0.1) is 19.1 Å². The van der Waals surface area contributed by atoms with Crippen LogP contribution in [0.1, 0.15) is 23.7 Å². The molecule has 0 aliphatic carbocycles. The monoisotopic (exact) mass is 188 g/mol. The lowest BCUT2D eigenvalue weighted by Crippen LogP contribution is -2.00. The Bertz CT molecular complexity index is 383. The van der Waals surface area contributed by atoms with Crippen molar-refractivity contribution in [3.05, 3.63) is 29.8 Å². The van der Waals surface area contributed by atoms with Gasteiger partial charge >= 0.3 is 0 Å². The Morgan fingerprint density at radius 1 is 1.43 bits per heavy atom. The zero-order valence-corrected chi connectivity index (χ0v) is 8.33. The van der Waals surface area contributed by atoms with Gasteiger partial charge in [0.1, 0.15) is 5.75 Å². The molecule has 0 fully saturated rings. The van der Waals surface area contributed by atoms with E-state index in [1.165, 1.54) is 0 Å². The molecule has 14 heavy (non-hydrogen) atoms. The number of ketones is 1. The van der Waals surface area contributed by atoms with Gasteiger partial charge in [-0.05, 0) is 19.1 Å². The highest BCUT2D eigenvalue weighted by Crippen LogP contribution is 2.18. The second-order valence-electron chi connectivity index (χ2n) is 2.73. The maximum atomic E-state index is 11.6. The molecule has 0 unspecified atom stereocenters. The number of Topliss-reactive ketones (excluding diaryl/α,β-unsaturated/α-hetero) is 1. The van der Waals surface area contributed by atoms with Gasteiger partial charge in [-0.2, -0.15) is 0 Å². The van der Waals surface area contributed by atoms with Crippen LogP contribution in [0.5, 0.6) is 5.75 Å². The smallest absolute Gasteiger partial charge is 0.178 e. The predicted octanol–water partition coefficient (Wildman–Crippen LogP) is 2.29. The third kappa shape index (κ3) is 2.37. The normalized spacial score (nSPS) is 8.71. The van der Waals surface area contributed by atoms with Crippen molar-refractivity contribution in [2.45, 2.75) is 13.3 Å². The van der Waals surface area contributed by atoms with Crippen LogP contribution in [0.15, 0.2) is 24.3 Å². The van der Waals surface area contributed by atoms with Gasteiger partial charge in [0, 0.05) is 0 Å². The zero-order chi connectivity index (χ0) is 10.4. The second-order valence-corrected chi connectivity index (χ2v) is 2.73. The molecule has 2 heteroatoms. The molecule has 0 atom stereocenters. The summed E-state index contributed by atoms with van der Waals surface area (Å²) in [5, 5.41) is 0. The number of carbonyl (C=O) groups excluding carboxylic acids is 1. The van der Waals surface area contributed by atoms with Crippen molar-refractivity contribution in [1.29, 1.82) is 0 Å². The molecule has 0 aliphatic rings. The molecular weight excluding hydrogens is 176 g/mol. The first-order valence-corrected chi connectivity index (χ1v) is 4.35. The molecule has 1 aromatic carbocycles. The minimum atomic E-state index is -0.00296. The van der Waals surface area contributed by atoms with Gasteiger partial charge in [-0.3, -0.25) is 4.79 Å². The van der Waals surface area contributed by atoms with Gasteiger partial charge in [0.15, 0.2) is 5.78 Å². The molecule has 0 saturated carbocycles. The Morgan fingerprint density at radius 3 is 2.79 bits per heavy atom. The van der Waals surface area contributed by atoms with Crippen LogP contribution < -0.4 is 4.74 Å². The summed E-state index contributed by atoms with van der Waals surface area (Å²) in [6, 6.07) is 7.17. The summed E-state index contributed by atoms with van der Waals surface area (Å²) in [5.41, 5.74) is 0.595. The van der Waals surface area contributed by atoms with E-state index in [2.05, 4.69) is 11.8 Å². The van der Waals surface area contributed by atoms with Crippen molar-refractivity contribution >= 4 is 5.78 Å². The quantitative estimate of drug-likeness (QED) is 0.537. The van der Waals surface area contributed by atoms with Crippen LogP contribution in [-0.4, -0.2) is 12.9 Å². The van der Waals surface area contributed by atoms with E-state index in [0.717, 1.165) is 0 Å². The molecule has 0 N–H and O–H groups in total. The average molecular weight is 188 g/mol. The van der Waals surface area contributed by atoms with Crippen LogP contribution in [0.3, 0.4) is 0 Å². The molecule has 0 aliphatic heterocycles. The van der Waals surface area contributed by atoms with Crippen LogP contribution >= 0.6 is 0 Å². The fourth-order valence-electron chi connectivity index (χ4n) is 1.14. The largest absolute Gasteiger partial charge is 0.496 e. The number of benzene rings is 1. The maximum Gasteiger partial charge on any atom is 0.178 e. The van der Waals surface area contributed by atoms with E-state index in [4.69, 9.17) is 4.74 Å². The maximum absolute atomic E-state index is 11.6. The lowest BCUT2D eigenvalue weighted by atomic mass is 10.1. The van der Waals surface area contributed by atoms with Crippen LogP contribution in [0.25, 0.3) is 0 Å². The average Bonchev–Trinajstić information content (AvgIpc) is 2.25. The highest BCUT2D eigenvalue weighted by atomic mass is 16.5. The Labute approximate surface area is 83.9 Å². The Balaban J connectivity index is 2.92. The van der Waals surface area contributed by atoms with Gasteiger partial charge in [-0.1, -0.05) is 18.1 Å². The van der Waals surface area contributed by atoms with Gasteiger partial charge in [-0.15, -0.1) is 5.92 Å². The standard InChI is InChI=1S/C12H12O2/c1-3-4-8-11(13)10-7-5-6-9-12(10)14-2/h5-7,9H,8H2,1-2H3. The number of methoxy groups -OCH3 is 1. The number of hydrogen-bond acceptors (Lipinski definition) is 2. The molecule has 0 aromatic heterocycles. The second kappa shape index (κ2) is 5.08. The number of ether oxygens (including phenoxy) is 1. The minimum absolute atomic E-state index is 0.00296. The molecule has 2 nitrogen and oxygen atoms in total. The molecule has 0 saturated heterocycles. The van der Waals surface area contributed by atoms with Gasteiger partial charge in [-0.25, -0.2) is 0 Å². The van der Waals surface area contributed by atoms with Crippen LogP contribution in [-0.2, 0) is 0 Å². The van der Waals surface area contributed by atoms with E-state index in [9.17, 15) is 4.79 Å². The molecule has 72 valence electrons. The van der Waals surface area contributed by atoms with Gasteiger partial charge in [0.25, 0.3) is 0 Å². The van der Waals surface area contributed by atoms with Crippen LogP contribution in [0.4, 0.5) is 0 Å². The third-order valence-electron chi connectivity index (χ3n) is 1.83. The first-order chi connectivity index (χ1) is 6.79. The molecule has 0 bridgehead atoms. The topological polar surface area (TPSA) is 26.3 Å². The highest BCUT2D eigenvalue weighted by molar-refractivity contribution is 5.99. The van der Waals surface area contributed by atoms with E-state index < -0.39 is 0 Å². The fourth-order valence-corrected chi connectivity index (χ4v) is 1.14. The van der Waals surface area contributed by atoms with Crippen molar-refractivity contribution in [1.82, 2.24) is 0 Å². The summed E-state index contributed by atoms with van der Waals surface area (Å²) < 4.78 is 5.08. The Hall–Kier alpha value is -1.75. The number of rotatable bonds is 3. The van der Waals surface area contributed by atoms with Crippen molar-refractivity contribution in [3.8, 4) is 17.6 Å². The lowest BCUT2D eigenvalue weighted by Gasteiger charge is -2.04. The molecule has 0 spiro atoms. The van der Waals surface area contributed by atoms with E-state index in [1.807, 2.05) is 12.1 Å². The van der Waals surface area contributed by atoms with E-state index >= 15 is 0 Å². The van der Waals surface area contributed by atoms with Crippen molar-refractivity contribution < 1.29 is 9.53 Å². The number of para-hydroxylation sites is 1. The van der Waals surface area contributed by atoms with E-state index in [1.54, 1.807) is 26.2 Å². The van der Waals surface area contributed by atoms with E-state index in [-0.39, 0.29) is 12.2 Å². The zero-order valence-electron chi connectivity index (χ0n) is 8.33. The first kappa shape index (κ1) is 10.3. The molecular formula is C12H12O2. The number of hydrogen-bond donors (Lipinski definition) is 0. The van der Waals surface area contributed by atoms with Crippen LogP contribution in [0, 0.1) is 11.8 Å². The van der Waals surface area contributed by atoms with Gasteiger partial charge in [0.2, 0.25) is 0 Å². The van der Waals surface area contributed by atoms with Crippen molar-refractivity contribution in [2.24, 2.45) is 0 Å². The summed E-state index contributed by atoms with van der Waals surface area (Å²) in [5.74, 6) is 6.04. The minimum Gasteiger partial charge on any atom is -0.496 e. The lowest BCUT2D eigenvalue weighted by molar-refractivity contribution is 0.0995. The summed E-state index contributed by atoms with van der Waals surface area (Å²) >= 11 is 0. The molecule has 1 rings (SSSR count). The van der Waals surface area contributed by atoms with Crippen molar-refractivity contribution in [3.63, 3.8) is 0 Å².